The first-order chi connectivity index (χ1) is 15.7. The Labute approximate surface area is 188 Å². The van der Waals surface area contributed by atoms with Crippen LogP contribution in [-0.4, -0.2) is 56.5 Å². The minimum Gasteiger partial charge on any atom is -0.495 e. The Morgan fingerprint density at radius 2 is 1.62 bits per heavy atom. The predicted molar refractivity (Wildman–Crippen MR) is 127 cm³/mol. The number of amides is 2. The summed E-state index contributed by atoms with van der Waals surface area (Å²) in [5.74, 6) is 1.06. The zero-order valence-corrected chi connectivity index (χ0v) is 18.3. The average Bonchev–Trinajstić information content (AvgIpc) is 3.12. The number of hydrogen-bond donors (Lipinski definition) is 0. The summed E-state index contributed by atoms with van der Waals surface area (Å²) in [5.41, 5.74) is 2.79. The van der Waals surface area contributed by atoms with Gasteiger partial charge in [0.2, 0.25) is 5.91 Å². The molecule has 0 aromatic heterocycles. The highest BCUT2D eigenvalue weighted by atomic mass is 16.5. The number of ether oxygens (including phenoxy) is 1. The van der Waals surface area contributed by atoms with Crippen molar-refractivity contribution < 1.29 is 14.3 Å². The maximum Gasteiger partial charge on any atom is 0.258 e. The van der Waals surface area contributed by atoms with Crippen molar-refractivity contribution in [3.05, 3.63) is 66.2 Å². The van der Waals surface area contributed by atoms with Crippen LogP contribution < -0.4 is 14.5 Å². The van der Waals surface area contributed by atoms with E-state index in [0.717, 1.165) is 46.5 Å². The number of carbonyl (C=O) groups is 2. The molecule has 1 fully saturated rings. The van der Waals surface area contributed by atoms with Crippen LogP contribution in [0.1, 0.15) is 23.2 Å². The minimum absolute atomic E-state index is 0.0367. The zero-order valence-electron chi connectivity index (χ0n) is 18.3. The summed E-state index contributed by atoms with van der Waals surface area (Å²) in [6.07, 6.45) is 1.10. The number of benzene rings is 3. The molecule has 2 aliphatic rings. The average molecular weight is 430 g/mol. The van der Waals surface area contributed by atoms with E-state index in [9.17, 15) is 9.59 Å². The van der Waals surface area contributed by atoms with Crippen molar-refractivity contribution in [3.63, 3.8) is 0 Å². The van der Waals surface area contributed by atoms with Gasteiger partial charge in [-0.15, -0.1) is 0 Å². The van der Waals surface area contributed by atoms with Gasteiger partial charge in [0, 0.05) is 50.1 Å². The summed E-state index contributed by atoms with van der Waals surface area (Å²) in [6, 6.07) is 19.9. The third-order valence-corrected chi connectivity index (χ3v) is 6.48. The molecule has 5 rings (SSSR count). The van der Waals surface area contributed by atoms with E-state index >= 15 is 0 Å². The van der Waals surface area contributed by atoms with Crippen molar-refractivity contribution in [3.8, 4) is 5.75 Å². The van der Waals surface area contributed by atoms with Crippen molar-refractivity contribution in [1.82, 2.24) is 4.90 Å². The van der Waals surface area contributed by atoms with Crippen LogP contribution in [0.25, 0.3) is 10.8 Å². The second-order valence-corrected chi connectivity index (χ2v) is 8.28. The molecule has 6 heteroatoms. The lowest BCUT2D eigenvalue weighted by atomic mass is 10.1. The molecule has 0 saturated carbocycles. The molecular weight excluding hydrogens is 402 g/mol. The third kappa shape index (κ3) is 3.55. The largest absolute Gasteiger partial charge is 0.495 e. The fourth-order valence-electron chi connectivity index (χ4n) is 4.84. The summed E-state index contributed by atoms with van der Waals surface area (Å²) >= 11 is 0. The normalized spacial score (nSPS) is 15.5. The highest BCUT2D eigenvalue weighted by molar-refractivity contribution is 6.25. The minimum atomic E-state index is 0.0367. The summed E-state index contributed by atoms with van der Waals surface area (Å²) in [5, 5.41) is 2.11. The summed E-state index contributed by atoms with van der Waals surface area (Å²) in [6.45, 7) is 3.52. The summed E-state index contributed by atoms with van der Waals surface area (Å²) < 4.78 is 5.47. The molecular formula is C26H27N3O3. The number of methoxy groups -OCH3 is 1. The first kappa shape index (κ1) is 20.4. The third-order valence-electron chi connectivity index (χ3n) is 6.48. The lowest BCUT2D eigenvalue weighted by Crippen LogP contribution is -2.49. The zero-order chi connectivity index (χ0) is 22.1. The monoisotopic (exact) mass is 429 g/mol. The number of para-hydroxylation sites is 2. The number of piperazine rings is 1. The van der Waals surface area contributed by atoms with Crippen LogP contribution in [0.3, 0.4) is 0 Å². The topological polar surface area (TPSA) is 53.1 Å². The molecule has 0 unspecified atom stereocenters. The molecule has 164 valence electrons. The SMILES string of the molecule is COc1ccccc1N1CCN(C(=O)CCCN2C(=O)c3cccc4cccc2c34)CC1. The van der Waals surface area contributed by atoms with Crippen molar-refractivity contribution in [2.24, 2.45) is 0 Å². The number of rotatable bonds is 6. The van der Waals surface area contributed by atoms with Gasteiger partial charge in [0.05, 0.1) is 18.5 Å². The van der Waals surface area contributed by atoms with Gasteiger partial charge in [0.15, 0.2) is 0 Å². The van der Waals surface area contributed by atoms with Crippen LogP contribution in [0.4, 0.5) is 11.4 Å². The highest BCUT2D eigenvalue weighted by Gasteiger charge is 2.29. The van der Waals surface area contributed by atoms with Gasteiger partial charge in [0.25, 0.3) is 5.91 Å². The van der Waals surface area contributed by atoms with Gasteiger partial charge in [-0.1, -0.05) is 36.4 Å². The molecule has 0 atom stereocenters. The second kappa shape index (κ2) is 8.54. The van der Waals surface area contributed by atoms with E-state index in [2.05, 4.69) is 11.0 Å². The van der Waals surface area contributed by atoms with Crippen LogP contribution in [0.2, 0.25) is 0 Å². The van der Waals surface area contributed by atoms with E-state index in [1.165, 1.54) is 0 Å². The lowest BCUT2D eigenvalue weighted by molar-refractivity contribution is -0.131. The van der Waals surface area contributed by atoms with Crippen LogP contribution in [0.15, 0.2) is 60.7 Å². The van der Waals surface area contributed by atoms with E-state index in [1.807, 2.05) is 64.4 Å². The molecule has 0 bridgehead atoms. The maximum atomic E-state index is 12.9. The first-order valence-electron chi connectivity index (χ1n) is 11.2. The van der Waals surface area contributed by atoms with E-state index in [0.29, 0.717) is 32.5 Å². The summed E-state index contributed by atoms with van der Waals surface area (Å²) in [4.78, 5) is 31.7. The van der Waals surface area contributed by atoms with E-state index in [-0.39, 0.29) is 11.8 Å². The molecule has 1 saturated heterocycles. The van der Waals surface area contributed by atoms with Crippen LogP contribution >= 0.6 is 0 Å². The molecule has 2 aliphatic heterocycles. The molecule has 0 spiro atoms. The Morgan fingerprint density at radius 1 is 0.906 bits per heavy atom. The molecule has 0 aliphatic carbocycles. The number of nitrogens with zero attached hydrogens (tertiary/aromatic N) is 3. The van der Waals surface area contributed by atoms with E-state index < -0.39 is 0 Å². The van der Waals surface area contributed by atoms with Gasteiger partial charge in [-0.05, 0) is 36.1 Å². The molecule has 32 heavy (non-hydrogen) atoms. The number of hydrogen-bond acceptors (Lipinski definition) is 4. The van der Waals surface area contributed by atoms with Crippen LogP contribution in [0, 0.1) is 0 Å². The fourth-order valence-corrected chi connectivity index (χ4v) is 4.84. The predicted octanol–water partition coefficient (Wildman–Crippen LogP) is 3.94. The molecule has 2 heterocycles. The second-order valence-electron chi connectivity index (χ2n) is 8.28. The molecule has 6 nitrogen and oxygen atoms in total. The van der Waals surface area contributed by atoms with Gasteiger partial charge >= 0.3 is 0 Å². The standard InChI is InChI=1S/C26H27N3O3/c1-32-23-12-3-2-10-21(23)27-15-17-28(18-16-27)24(30)13-6-14-29-22-11-5-8-19-7-4-9-20(25(19)22)26(29)31/h2-5,7-12H,6,13-18H2,1H3. The molecule has 2 amide bonds. The van der Waals surface area contributed by atoms with Gasteiger partial charge in [-0.25, -0.2) is 0 Å². The maximum absolute atomic E-state index is 12.9. The smallest absolute Gasteiger partial charge is 0.258 e. The lowest BCUT2D eigenvalue weighted by Gasteiger charge is -2.36. The van der Waals surface area contributed by atoms with Gasteiger partial charge in [-0.3, -0.25) is 9.59 Å². The van der Waals surface area contributed by atoms with Gasteiger partial charge < -0.3 is 19.4 Å². The Hall–Kier alpha value is -3.54. The number of anilines is 2. The van der Waals surface area contributed by atoms with Crippen molar-refractivity contribution in [2.75, 3.05) is 49.6 Å². The Morgan fingerprint density at radius 3 is 2.41 bits per heavy atom. The van der Waals surface area contributed by atoms with E-state index in [4.69, 9.17) is 4.74 Å². The summed E-state index contributed by atoms with van der Waals surface area (Å²) in [7, 11) is 1.68. The van der Waals surface area contributed by atoms with Crippen LogP contribution in [-0.2, 0) is 4.79 Å². The molecule has 3 aromatic carbocycles. The van der Waals surface area contributed by atoms with Crippen molar-refractivity contribution in [2.45, 2.75) is 12.8 Å². The Kier molecular flexibility index (Phi) is 5.43. The molecule has 0 N–H and O–H groups in total. The van der Waals surface area contributed by atoms with E-state index in [1.54, 1.807) is 7.11 Å². The first-order valence-corrected chi connectivity index (χ1v) is 11.2. The molecule has 3 aromatic rings. The quantitative estimate of drug-likeness (QED) is 0.596. The Balaban J connectivity index is 1.16. The number of carbonyl (C=O) groups excluding carboxylic acids is 2. The highest BCUT2D eigenvalue weighted by Crippen LogP contribution is 2.37. The molecule has 0 radical (unpaired) electrons. The van der Waals surface area contributed by atoms with Gasteiger partial charge in [0.1, 0.15) is 5.75 Å². The fraction of sp³-hybridized carbons (Fsp3) is 0.308. The Bertz CT molecular complexity index is 1160. The van der Waals surface area contributed by atoms with Crippen molar-refractivity contribution >= 4 is 34.0 Å². The van der Waals surface area contributed by atoms with Gasteiger partial charge in [-0.2, -0.15) is 0 Å². The van der Waals surface area contributed by atoms with Crippen LogP contribution in [0.5, 0.6) is 5.75 Å². The van der Waals surface area contributed by atoms with Crippen molar-refractivity contribution in [1.29, 1.82) is 0 Å².